The fourth-order valence-electron chi connectivity index (χ4n) is 3.82. The van der Waals surface area contributed by atoms with Crippen LogP contribution in [-0.2, 0) is 9.59 Å². The third-order valence-corrected chi connectivity index (χ3v) is 5.34. The molecule has 0 radical (unpaired) electrons. The summed E-state index contributed by atoms with van der Waals surface area (Å²) in [6.45, 7) is 3.77. The molecule has 0 N–H and O–H groups in total. The second-order valence-electron chi connectivity index (χ2n) is 7.48. The number of anilines is 2. The van der Waals surface area contributed by atoms with Crippen LogP contribution in [0.5, 0.6) is 0 Å². The Hall–Kier alpha value is -3.80. The van der Waals surface area contributed by atoms with Gasteiger partial charge in [-0.2, -0.15) is 0 Å². The van der Waals surface area contributed by atoms with Crippen LogP contribution in [0.2, 0.25) is 0 Å². The van der Waals surface area contributed by atoms with Gasteiger partial charge in [0.25, 0.3) is 11.8 Å². The van der Waals surface area contributed by atoms with Crippen molar-refractivity contribution in [1.82, 2.24) is 0 Å². The van der Waals surface area contributed by atoms with Crippen LogP contribution in [0.25, 0.3) is 5.57 Å². The lowest BCUT2D eigenvalue weighted by molar-refractivity contribution is -0.120. The number of para-hydroxylation sites is 1. The summed E-state index contributed by atoms with van der Waals surface area (Å²) in [5.41, 5.74) is 2.91. The first kappa shape index (κ1) is 20.5. The predicted octanol–water partition coefficient (Wildman–Crippen LogP) is 5.00. The monoisotopic (exact) mass is 418 g/mol. The highest BCUT2D eigenvalue weighted by Crippen LogP contribution is 2.38. The standard InChI is InChI=1S/C25H20F2N2O2/c1-15-9-11-19(16(2)13-15)22-23(28(3)18-7-5-4-6-8-18)25(31)29(24(22)30)21-14-17(26)10-12-20(21)27/h4-14H,1-3H3. The first-order valence-electron chi connectivity index (χ1n) is 9.74. The van der Waals surface area contributed by atoms with E-state index in [0.717, 1.165) is 29.3 Å². The largest absolute Gasteiger partial charge is 0.339 e. The number of likely N-dealkylation sites (N-methyl/N-ethyl adjacent to an activating group) is 1. The summed E-state index contributed by atoms with van der Waals surface area (Å²) in [6, 6.07) is 17.3. The molecule has 3 aromatic rings. The van der Waals surface area contributed by atoms with E-state index in [4.69, 9.17) is 0 Å². The Morgan fingerprint density at radius 2 is 1.55 bits per heavy atom. The molecule has 4 rings (SSSR count). The van der Waals surface area contributed by atoms with Gasteiger partial charge in [0, 0.05) is 18.8 Å². The number of nitrogens with zero attached hydrogens (tertiary/aromatic N) is 2. The number of carbonyl (C=O) groups excluding carboxylic acids is 2. The molecular formula is C25H20F2N2O2. The fraction of sp³-hybridized carbons (Fsp3) is 0.120. The van der Waals surface area contributed by atoms with Crippen LogP contribution in [0.3, 0.4) is 0 Å². The zero-order valence-electron chi connectivity index (χ0n) is 17.3. The highest BCUT2D eigenvalue weighted by atomic mass is 19.1. The minimum atomic E-state index is -0.855. The average molecular weight is 418 g/mol. The lowest BCUT2D eigenvalue weighted by Gasteiger charge is -2.22. The minimum absolute atomic E-state index is 0.104. The molecule has 0 spiro atoms. The highest BCUT2D eigenvalue weighted by Gasteiger charge is 2.43. The second-order valence-corrected chi connectivity index (χ2v) is 7.48. The van der Waals surface area contributed by atoms with Crippen molar-refractivity contribution >= 4 is 28.8 Å². The quantitative estimate of drug-likeness (QED) is 0.560. The van der Waals surface area contributed by atoms with Crippen LogP contribution in [0.15, 0.2) is 72.4 Å². The van der Waals surface area contributed by atoms with Gasteiger partial charge in [0.05, 0.1) is 11.3 Å². The smallest absolute Gasteiger partial charge is 0.282 e. The zero-order chi connectivity index (χ0) is 22.3. The van der Waals surface area contributed by atoms with Crippen molar-refractivity contribution in [3.05, 3.63) is 101 Å². The molecule has 1 aliphatic rings. The van der Waals surface area contributed by atoms with E-state index >= 15 is 0 Å². The van der Waals surface area contributed by atoms with E-state index in [1.54, 1.807) is 30.1 Å². The van der Waals surface area contributed by atoms with E-state index in [2.05, 4.69) is 0 Å². The van der Waals surface area contributed by atoms with Gasteiger partial charge < -0.3 is 4.90 Å². The summed E-state index contributed by atoms with van der Waals surface area (Å²) in [4.78, 5) is 29.3. The summed E-state index contributed by atoms with van der Waals surface area (Å²) in [7, 11) is 1.67. The topological polar surface area (TPSA) is 40.6 Å². The lowest BCUT2D eigenvalue weighted by Crippen LogP contribution is -2.35. The number of hydrogen-bond donors (Lipinski definition) is 0. The highest BCUT2D eigenvalue weighted by molar-refractivity contribution is 6.46. The maximum atomic E-state index is 14.5. The summed E-state index contributed by atoms with van der Waals surface area (Å²) in [5.74, 6) is -3.00. The van der Waals surface area contributed by atoms with Crippen molar-refractivity contribution in [3.63, 3.8) is 0 Å². The molecule has 1 aliphatic heterocycles. The predicted molar refractivity (Wildman–Crippen MR) is 117 cm³/mol. The maximum Gasteiger partial charge on any atom is 0.282 e. The molecular weight excluding hydrogens is 398 g/mol. The fourth-order valence-corrected chi connectivity index (χ4v) is 3.82. The van der Waals surface area contributed by atoms with Gasteiger partial charge >= 0.3 is 0 Å². The SMILES string of the molecule is Cc1ccc(C2=C(N(C)c3ccccc3)C(=O)N(c3cc(F)ccc3F)C2=O)c(C)c1. The summed E-state index contributed by atoms with van der Waals surface area (Å²) < 4.78 is 28.4. The minimum Gasteiger partial charge on any atom is -0.339 e. The molecule has 0 atom stereocenters. The molecule has 2 amide bonds. The van der Waals surface area contributed by atoms with Crippen LogP contribution in [-0.4, -0.2) is 18.9 Å². The summed E-state index contributed by atoms with van der Waals surface area (Å²) in [6.07, 6.45) is 0. The van der Waals surface area contributed by atoms with E-state index < -0.39 is 29.1 Å². The number of aryl methyl sites for hydroxylation is 2. The number of hydrogen-bond acceptors (Lipinski definition) is 3. The van der Waals surface area contributed by atoms with E-state index in [-0.39, 0.29) is 11.3 Å². The van der Waals surface area contributed by atoms with E-state index in [9.17, 15) is 18.4 Å². The van der Waals surface area contributed by atoms with Gasteiger partial charge in [-0.05, 0) is 49.2 Å². The molecule has 6 heteroatoms. The third kappa shape index (κ3) is 3.50. The molecule has 156 valence electrons. The number of rotatable bonds is 4. The molecule has 0 aliphatic carbocycles. The Labute approximate surface area is 179 Å². The van der Waals surface area contributed by atoms with Crippen molar-refractivity contribution < 1.29 is 18.4 Å². The number of imide groups is 1. The number of amides is 2. The van der Waals surface area contributed by atoms with Gasteiger partial charge in [-0.25, -0.2) is 13.7 Å². The third-order valence-electron chi connectivity index (χ3n) is 5.34. The molecule has 0 saturated heterocycles. The molecule has 31 heavy (non-hydrogen) atoms. The molecule has 1 heterocycles. The summed E-state index contributed by atoms with van der Waals surface area (Å²) >= 11 is 0. The normalized spacial score (nSPS) is 13.9. The van der Waals surface area contributed by atoms with Crippen LogP contribution in [0.4, 0.5) is 20.2 Å². The summed E-state index contributed by atoms with van der Waals surface area (Å²) in [5, 5.41) is 0. The first-order chi connectivity index (χ1) is 14.8. The van der Waals surface area contributed by atoms with Gasteiger partial charge in [0.15, 0.2) is 0 Å². The second kappa shape index (κ2) is 7.80. The maximum absolute atomic E-state index is 14.5. The Bertz CT molecular complexity index is 1240. The molecule has 0 saturated carbocycles. The lowest BCUT2D eigenvalue weighted by atomic mass is 9.97. The first-order valence-corrected chi connectivity index (χ1v) is 9.74. The van der Waals surface area contributed by atoms with E-state index in [1.807, 2.05) is 44.2 Å². The molecule has 0 bridgehead atoms. The van der Waals surface area contributed by atoms with Gasteiger partial charge in [-0.3, -0.25) is 9.59 Å². The zero-order valence-corrected chi connectivity index (χ0v) is 17.3. The Morgan fingerprint density at radius 3 is 2.23 bits per heavy atom. The number of benzene rings is 3. The molecule has 0 aromatic heterocycles. The van der Waals surface area contributed by atoms with Crippen molar-refractivity contribution in [1.29, 1.82) is 0 Å². The molecule has 3 aromatic carbocycles. The average Bonchev–Trinajstić information content (AvgIpc) is 3.00. The van der Waals surface area contributed by atoms with Crippen LogP contribution in [0, 0.1) is 25.5 Å². The van der Waals surface area contributed by atoms with Gasteiger partial charge in [0.2, 0.25) is 0 Å². The molecule has 0 unspecified atom stereocenters. The van der Waals surface area contributed by atoms with Crippen LogP contribution < -0.4 is 9.80 Å². The Kier molecular flexibility index (Phi) is 5.15. The molecule has 4 nitrogen and oxygen atoms in total. The van der Waals surface area contributed by atoms with Crippen molar-refractivity contribution in [2.24, 2.45) is 0 Å². The van der Waals surface area contributed by atoms with Crippen LogP contribution >= 0.6 is 0 Å². The van der Waals surface area contributed by atoms with E-state index in [1.165, 1.54) is 0 Å². The van der Waals surface area contributed by atoms with E-state index in [0.29, 0.717) is 16.2 Å². The number of halogens is 2. The van der Waals surface area contributed by atoms with Crippen molar-refractivity contribution in [3.8, 4) is 0 Å². The van der Waals surface area contributed by atoms with Crippen molar-refractivity contribution in [2.45, 2.75) is 13.8 Å². The Morgan fingerprint density at radius 1 is 0.839 bits per heavy atom. The Balaban J connectivity index is 1.94. The van der Waals surface area contributed by atoms with Crippen LogP contribution in [0.1, 0.15) is 16.7 Å². The van der Waals surface area contributed by atoms with Crippen molar-refractivity contribution in [2.75, 3.05) is 16.8 Å². The molecule has 0 fully saturated rings. The van der Waals surface area contributed by atoms with Gasteiger partial charge in [-0.15, -0.1) is 0 Å². The van der Waals surface area contributed by atoms with Gasteiger partial charge in [0.1, 0.15) is 17.3 Å². The van der Waals surface area contributed by atoms with Gasteiger partial charge in [-0.1, -0.05) is 42.0 Å². The number of carbonyl (C=O) groups is 2.